The van der Waals surface area contributed by atoms with Gasteiger partial charge in [0.2, 0.25) is 0 Å². The minimum atomic E-state index is 0.751. The molecule has 1 aliphatic carbocycles. The van der Waals surface area contributed by atoms with E-state index in [1.165, 1.54) is 18.8 Å². The molecule has 1 saturated heterocycles. The van der Waals surface area contributed by atoms with Crippen molar-refractivity contribution in [1.82, 2.24) is 4.90 Å². The zero-order valence-corrected chi connectivity index (χ0v) is 8.79. The van der Waals surface area contributed by atoms with E-state index in [1.54, 1.807) is 7.11 Å². The molecule has 0 N–H and O–H groups in total. The van der Waals surface area contributed by atoms with Crippen LogP contribution in [-0.4, -0.2) is 32.1 Å². The number of ether oxygens (including phenoxy) is 1. The molecule has 2 fully saturated rings. The highest BCUT2D eigenvalue weighted by Crippen LogP contribution is 2.55. The first-order valence-electron chi connectivity index (χ1n) is 5.20. The van der Waals surface area contributed by atoms with E-state index in [0.717, 1.165) is 24.2 Å². The summed E-state index contributed by atoms with van der Waals surface area (Å²) in [6, 6.07) is 0. The van der Waals surface area contributed by atoms with Crippen LogP contribution in [0, 0.1) is 17.8 Å². The molecule has 1 saturated carbocycles. The Bertz CT molecular complexity index is 212. The van der Waals surface area contributed by atoms with Crippen molar-refractivity contribution in [2.75, 3.05) is 27.2 Å². The number of fused-ring (bicyclic) bond motifs is 1. The zero-order valence-electron chi connectivity index (χ0n) is 8.79. The van der Waals surface area contributed by atoms with Crippen LogP contribution in [0.5, 0.6) is 0 Å². The molecule has 0 bridgehead atoms. The van der Waals surface area contributed by atoms with Crippen molar-refractivity contribution in [3.63, 3.8) is 0 Å². The lowest BCUT2D eigenvalue weighted by molar-refractivity contribution is 0.243. The van der Waals surface area contributed by atoms with Crippen LogP contribution in [-0.2, 0) is 4.74 Å². The summed E-state index contributed by atoms with van der Waals surface area (Å²) in [7, 11) is 4.01. The van der Waals surface area contributed by atoms with Gasteiger partial charge in [-0.25, -0.2) is 0 Å². The topological polar surface area (TPSA) is 12.5 Å². The molecule has 2 atom stereocenters. The molecule has 2 aliphatic rings. The van der Waals surface area contributed by atoms with Crippen LogP contribution in [0.1, 0.15) is 13.3 Å². The van der Waals surface area contributed by atoms with Gasteiger partial charge in [-0.05, 0) is 31.4 Å². The maximum atomic E-state index is 5.43. The van der Waals surface area contributed by atoms with Crippen molar-refractivity contribution in [3.8, 4) is 0 Å². The van der Waals surface area contributed by atoms with Gasteiger partial charge in [0.1, 0.15) is 0 Å². The maximum Gasteiger partial charge on any atom is 0.0953 e. The highest BCUT2D eigenvalue weighted by Gasteiger charge is 2.56. The van der Waals surface area contributed by atoms with Gasteiger partial charge in [-0.2, -0.15) is 0 Å². The van der Waals surface area contributed by atoms with E-state index in [1.807, 2.05) is 0 Å². The molecule has 0 aromatic heterocycles. The van der Waals surface area contributed by atoms with E-state index >= 15 is 0 Å². The summed E-state index contributed by atoms with van der Waals surface area (Å²) < 4.78 is 5.43. The Balaban J connectivity index is 1.95. The quantitative estimate of drug-likeness (QED) is 0.615. The van der Waals surface area contributed by atoms with Crippen LogP contribution in [0.3, 0.4) is 0 Å². The van der Waals surface area contributed by atoms with Gasteiger partial charge in [-0.1, -0.05) is 6.92 Å². The molecular weight excluding hydrogens is 162 g/mol. The molecule has 0 radical (unpaired) electrons. The highest BCUT2D eigenvalue weighted by molar-refractivity contribution is 5.18. The van der Waals surface area contributed by atoms with Crippen molar-refractivity contribution in [2.45, 2.75) is 13.3 Å². The average Bonchev–Trinajstić information content (AvgIpc) is 2.58. The normalized spacial score (nSPS) is 39.0. The van der Waals surface area contributed by atoms with Gasteiger partial charge < -0.3 is 9.64 Å². The number of hydrogen-bond acceptors (Lipinski definition) is 2. The number of piperidine rings is 1. The van der Waals surface area contributed by atoms with Gasteiger partial charge in [0.15, 0.2) is 0 Å². The van der Waals surface area contributed by atoms with Gasteiger partial charge in [0, 0.05) is 19.0 Å². The molecule has 13 heavy (non-hydrogen) atoms. The van der Waals surface area contributed by atoms with E-state index in [-0.39, 0.29) is 0 Å². The fraction of sp³-hybridized carbons (Fsp3) is 0.818. The minimum absolute atomic E-state index is 0.751. The number of methoxy groups -OCH3 is 1. The second-order valence-electron chi connectivity index (χ2n) is 4.29. The Labute approximate surface area is 80.6 Å². The minimum Gasteiger partial charge on any atom is -0.501 e. The molecule has 0 aromatic rings. The number of hydrogen-bond donors (Lipinski definition) is 0. The van der Waals surface area contributed by atoms with E-state index in [2.05, 4.69) is 24.9 Å². The first kappa shape index (κ1) is 9.07. The number of allylic oxidation sites excluding steroid dienone is 2. The van der Waals surface area contributed by atoms with Crippen LogP contribution < -0.4 is 0 Å². The van der Waals surface area contributed by atoms with Gasteiger partial charge in [-0.3, -0.25) is 0 Å². The van der Waals surface area contributed by atoms with E-state index in [4.69, 9.17) is 4.74 Å². The Kier molecular flexibility index (Phi) is 2.33. The summed E-state index contributed by atoms with van der Waals surface area (Å²) in [6.45, 7) is 4.70. The summed E-state index contributed by atoms with van der Waals surface area (Å²) in [5.74, 6) is 3.78. The molecule has 2 heteroatoms. The monoisotopic (exact) mass is 181 g/mol. The third-order valence-corrected chi connectivity index (χ3v) is 3.35. The molecule has 0 aromatic carbocycles. The molecule has 1 aliphatic heterocycles. The van der Waals surface area contributed by atoms with E-state index in [0.29, 0.717) is 0 Å². The van der Waals surface area contributed by atoms with Crippen molar-refractivity contribution < 1.29 is 4.74 Å². The van der Waals surface area contributed by atoms with Gasteiger partial charge in [-0.15, -0.1) is 0 Å². The van der Waals surface area contributed by atoms with Crippen molar-refractivity contribution >= 4 is 0 Å². The molecule has 74 valence electrons. The summed E-state index contributed by atoms with van der Waals surface area (Å²) in [5, 5.41) is 0. The van der Waals surface area contributed by atoms with Crippen molar-refractivity contribution in [3.05, 3.63) is 11.8 Å². The second kappa shape index (κ2) is 3.33. The third kappa shape index (κ3) is 1.48. The molecular formula is C11H19NO. The Hall–Kier alpha value is -0.500. The largest absolute Gasteiger partial charge is 0.501 e. The fourth-order valence-electron chi connectivity index (χ4n) is 2.72. The Morgan fingerprint density at radius 1 is 1.46 bits per heavy atom. The lowest BCUT2D eigenvalue weighted by Crippen LogP contribution is -2.19. The van der Waals surface area contributed by atoms with Crippen molar-refractivity contribution in [2.24, 2.45) is 17.8 Å². The van der Waals surface area contributed by atoms with Crippen LogP contribution in [0.4, 0.5) is 0 Å². The van der Waals surface area contributed by atoms with Gasteiger partial charge in [0.25, 0.3) is 0 Å². The van der Waals surface area contributed by atoms with Crippen molar-refractivity contribution in [1.29, 1.82) is 0 Å². The van der Waals surface area contributed by atoms with Gasteiger partial charge >= 0.3 is 0 Å². The SMILES string of the molecule is CC/C=C(/OC)C1C2CN(C)CC21. The maximum absolute atomic E-state index is 5.43. The van der Waals surface area contributed by atoms with Crippen LogP contribution in [0.2, 0.25) is 0 Å². The number of likely N-dealkylation sites (tertiary alicyclic amines) is 1. The smallest absolute Gasteiger partial charge is 0.0953 e. The lowest BCUT2D eigenvalue weighted by Gasteiger charge is -2.14. The molecule has 2 unspecified atom stereocenters. The summed E-state index contributed by atoms with van der Waals surface area (Å²) in [5.41, 5.74) is 0. The molecule has 1 heterocycles. The molecule has 2 nitrogen and oxygen atoms in total. The first-order valence-corrected chi connectivity index (χ1v) is 5.20. The predicted octanol–water partition coefficient (Wildman–Crippen LogP) is 1.73. The molecule has 0 spiro atoms. The van der Waals surface area contributed by atoms with Crippen LogP contribution in [0.15, 0.2) is 11.8 Å². The first-order chi connectivity index (χ1) is 6.27. The second-order valence-corrected chi connectivity index (χ2v) is 4.29. The Morgan fingerprint density at radius 2 is 2.08 bits per heavy atom. The number of nitrogens with zero attached hydrogens (tertiary/aromatic N) is 1. The summed E-state index contributed by atoms with van der Waals surface area (Å²) >= 11 is 0. The zero-order chi connectivity index (χ0) is 9.42. The van der Waals surface area contributed by atoms with Gasteiger partial charge in [0.05, 0.1) is 12.9 Å². The van der Waals surface area contributed by atoms with Crippen LogP contribution in [0.25, 0.3) is 0 Å². The molecule has 0 amide bonds. The lowest BCUT2D eigenvalue weighted by atomic mass is 10.2. The summed E-state index contributed by atoms with van der Waals surface area (Å²) in [4.78, 5) is 2.42. The fourth-order valence-corrected chi connectivity index (χ4v) is 2.72. The molecule has 2 rings (SSSR count). The standard InChI is InChI=1S/C11H19NO/c1-4-5-10(13-3)11-8-6-12(2)7-9(8)11/h5,8-9,11H,4,6-7H2,1-3H3/b10-5+. The highest BCUT2D eigenvalue weighted by atomic mass is 16.5. The summed E-state index contributed by atoms with van der Waals surface area (Å²) in [6.07, 6.45) is 3.33. The van der Waals surface area contributed by atoms with E-state index < -0.39 is 0 Å². The third-order valence-electron chi connectivity index (χ3n) is 3.35. The Morgan fingerprint density at radius 3 is 2.54 bits per heavy atom. The van der Waals surface area contributed by atoms with Crippen LogP contribution >= 0.6 is 0 Å². The van der Waals surface area contributed by atoms with E-state index in [9.17, 15) is 0 Å². The average molecular weight is 181 g/mol. The predicted molar refractivity (Wildman–Crippen MR) is 53.4 cm³/mol. The number of rotatable bonds is 3.